The normalized spacial score (nSPS) is 10.6. The fourth-order valence-electron chi connectivity index (χ4n) is 1.35. The van der Waals surface area contributed by atoms with Crippen LogP contribution in [0.1, 0.15) is 4.88 Å². The molecule has 6 heteroatoms. The van der Waals surface area contributed by atoms with Crippen molar-refractivity contribution in [3.05, 3.63) is 53.9 Å². The van der Waals surface area contributed by atoms with Crippen LogP contribution in [-0.2, 0) is 13.6 Å². The summed E-state index contributed by atoms with van der Waals surface area (Å²) in [4.78, 5) is 24.2. The molecular formula is C10H9BrN2O2S. The zero-order valence-corrected chi connectivity index (χ0v) is 10.9. The van der Waals surface area contributed by atoms with E-state index in [4.69, 9.17) is 0 Å². The van der Waals surface area contributed by atoms with E-state index in [9.17, 15) is 9.59 Å². The van der Waals surface area contributed by atoms with Crippen LogP contribution in [0.5, 0.6) is 0 Å². The molecule has 0 amide bonds. The molecule has 2 heterocycles. The fourth-order valence-corrected chi connectivity index (χ4v) is 2.82. The molecule has 16 heavy (non-hydrogen) atoms. The van der Waals surface area contributed by atoms with E-state index in [2.05, 4.69) is 15.9 Å². The van der Waals surface area contributed by atoms with E-state index in [-0.39, 0.29) is 11.2 Å². The van der Waals surface area contributed by atoms with Crippen molar-refractivity contribution >= 4 is 27.3 Å². The highest BCUT2D eigenvalue weighted by molar-refractivity contribution is 9.11. The zero-order valence-electron chi connectivity index (χ0n) is 8.51. The van der Waals surface area contributed by atoms with E-state index in [0.717, 1.165) is 8.66 Å². The van der Waals surface area contributed by atoms with Gasteiger partial charge < -0.3 is 4.57 Å². The molecule has 0 saturated carbocycles. The molecule has 0 saturated heterocycles. The lowest BCUT2D eigenvalue weighted by Gasteiger charge is -2.04. The van der Waals surface area contributed by atoms with Gasteiger partial charge in [0.25, 0.3) is 5.56 Å². The van der Waals surface area contributed by atoms with E-state index in [1.807, 2.05) is 12.1 Å². The molecular weight excluding hydrogens is 292 g/mol. The third-order valence-electron chi connectivity index (χ3n) is 2.18. The molecule has 84 valence electrons. The molecule has 0 aliphatic carbocycles. The van der Waals surface area contributed by atoms with Crippen molar-refractivity contribution in [2.75, 3.05) is 0 Å². The first kappa shape index (κ1) is 11.3. The van der Waals surface area contributed by atoms with Crippen LogP contribution in [-0.4, -0.2) is 9.13 Å². The predicted octanol–water partition coefficient (Wildman–Crippen LogP) is 1.42. The largest absolute Gasteiger partial charge is 0.331 e. The first-order valence-corrected chi connectivity index (χ1v) is 6.19. The van der Waals surface area contributed by atoms with E-state index in [1.54, 1.807) is 7.05 Å². The van der Waals surface area contributed by atoms with Crippen LogP contribution in [0.4, 0.5) is 0 Å². The van der Waals surface area contributed by atoms with Gasteiger partial charge in [0.05, 0.1) is 10.3 Å². The summed E-state index contributed by atoms with van der Waals surface area (Å²) in [7, 11) is 1.63. The zero-order chi connectivity index (χ0) is 11.7. The Balaban J connectivity index is 2.46. The van der Waals surface area contributed by atoms with Crippen LogP contribution in [0, 0.1) is 0 Å². The Morgan fingerprint density at radius 1 is 1.31 bits per heavy atom. The van der Waals surface area contributed by atoms with Gasteiger partial charge in [-0.15, -0.1) is 11.3 Å². The molecule has 0 N–H and O–H groups in total. The molecule has 0 spiro atoms. The maximum absolute atomic E-state index is 11.7. The quantitative estimate of drug-likeness (QED) is 0.842. The molecule has 0 radical (unpaired) electrons. The molecule has 2 aromatic heterocycles. The number of hydrogen-bond acceptors (Lipinski definition) is 3. The molecule has 2 aromatic rings. The highest BCUT2D eigenvalue weighted by atomic mass is 79.9. The number of rotatable bonds is 2. The molecule has 0 unspecified atom stereocenters. The number of nitrogens with zero attached hydrogens (tertiary/aromatic N) is 2. The van der Waals surface area contributed by atoms with Gasteiger partial charge in [0.1, 0.15) is 0 Å². The van der Waals surface area contributed by atoms with Gasteiger partial charge in [-0.3, -0.25) is 9.36 Å². The minimum Gasteiger partial charge on any atom is -0.303 e. The second-order valence-electron chi connectivity index (χ2n) is 3.34. The van der Waals surface area contributed by atoms with Gasteiger partial charge in [0.15, 0.2) is 0 Å². The first-order valence-electron chi connectivity index (χ1n) is 4.58. The summed E-state index contributed by atoms with van der Waals surface area (Å²) in [5.41, 5.74) is -0.565. The Hall–Kier alpha value is -1.14. The van der Waals surface area contributed by atoms with Crippen LogP contribution in [0.2, 0.25) is 0 Å². The van der Waals surface area contributed by atoms with Crippen molar-refractivity contribution in [1.29, 1.82) is 0 Å². The summed E-state index contributed by atoms with van der Waals surface area (Å²) in [6.07, 6.45) is 1.48. The van der Waals surface area contributed by atoms with E-state index in [1.165, 1.54) is 32.7 Å². The fraction of sp³-hybridized carbons (Fsp3) is 0.200. The Morgan fingerprint density at radius 3 is 2.69 bits per heavy atom. The van der Waals surface area contributed by atoms with Crippen LogP contribution in [0.25, 0.3) is 0 Å². The van der Waals surface area contributed by atoms with Gasteiger partial charge in [-0.25, -0.2) is 4.79 Å². The standard InChI is InChI=1S/C10H9BrN2O2S/c1-12-5-4-9(14)13(10(12)15)6-7-2-3-8(11)16-7/h2-5H,6H2,1H3. The maximum atomic E-state index is 11.7. The number of thiophene rings is 1. The second-order valence-corrected chi connectivity index (χ2v) is 5.89. The third-order valence-corrected chi connectivity index (χ3v) is 3.79. The predicted molar refractivity (Wildman–Crippen MR) is 67.1 cm³/mol. The SMILES string of the molecule is Cn1ccc(=O)n(Cc2ccc(Br)s2)c1=O. The molecule has 2 rings (SSSR count). The van der Waals surface area contributed by atoms with Crippen molar-refractivity contribution in [1.82, 2.24) is 9.13 Å². The summed E-state index contributed by atoms with van der Waals surface area (Å²) < 4.78 is 3.60. The van der Waals surface area contributed by atoms with E-state index in [0.29, 0.717) is 6.54 Å². The topological polar surface area (TPSA) is 44.0 Å². The van der Waals surface area contributed by atoms with Gasteiger partial charge in [-0.2, -0.15) is 0 Å². The van der Waals surface area contributed by atoms with Crippen molar-refractivity contribution in [2.24, 2.45) is 7.05 Å². The summed E-state index contributed by atoms with van der Waals surface area (Å²) in [6, 6.07) is 5.19. The van der Waals surface area contributed by atoms with Crippen molar-refractivity contribution in [3.8, 4) is 0 Å². The Kier molecular flexibility index (Phi) is 3.11. The Labute approximate surface area is 104 Å². The van der Waals surface area contributed by atoms with Crippen LogP contribution >= 0.6 is 27.3 Å². The molecule has 0 bridgehead atoms. The van der Waals surface area contributed by atoms with Gasteiger partial charge in [-0.05, 0) is 28.1 Å². The average Bonchev–Trinajstić information content (AvgIpc) is 2.65. The summed E-state index contributed by atoms with van der Waals surface area (Å²) in [5.74, 6) is 0. The molecule has 0 aliphatic rings. The van der Waals surface area contributed by atoms with Gasteiger partial charge in [0.2, 0.25) is 0 Å². The Morgan fingerprint density at radius 2 is 2.06 bits per heavy atom. The molecule has 0 atom stereocenters. The van der Waals surface area contributed by atoms with E-state index >= 15 is 0 Å². The van der Waals surface area contributed by atoms with E-state index < -0.39 is 0 Å². The first-order chi connectivity index (χ1) is 7.58. The highest BCUT2D eigenvalue weighted by Gasteiger charge is 2.05. The monoisotopic (exact) mass is 300 g/mol. The molecule has 0 aliphatic heterocycles. The lowest BCUT2D eigenvalue weighted by atomic mass is 10.4. The van der Waals surface area contributed by atoms with Crippen LogP contribution < -0.4 is 11.2 Å². The van der Waals surface area contributed by atoms with Crippen LogP contribution in [0.15, 0.2) is 37.8 Å². The second kappa shape index (κ2) is 4.39. The number of hydrogen-bond donors (Lipinski definition) is 0. The summed E-state index contributed by atoms with van der Waals surface area (Å²) in [5, 5.41) is 0. The van der Waals surface area contributed by atoms with Crippen LogP contribution in [0.3, 0.4) is 0 Å². The minimum absolute atomic E-state index is 0.271. The number of aromatic nitrogens is 2. The van der Waals surface area contributed by atoms with Crippen molar-refractivity contribution in [2.45, 2.75) is 6.54 Å². The Bertz CT molecular complexity index is 626. The molecule has 4 nitrogen and oxygen atoms in total. The molecule has 0 aromatic carbocycles. The third kappa shape index (κ3) is 2.17. The van der Waals surface area contributed by atoms with Crippen molar-refractivity contribution in [3.63, 3.8) is 0 Å². The minimum atomic E-state index is -0.294. The summed E-state index contributed by atoms with van der Waals surface area (Å²) in [6.45, 7) is 0.322. The smallest absolute Gasteiger partial charge is 0.303 e. The maximum Gasteiger partial charge on any atom is 0.331 e. The lowest BCUT2D eigenvalue weighted by molar-refractivity contribution is 0.644. The highest BCUT2D eigenvalue weighted by Crippen LogP contribution is 2.22. The average molecular weight is 301 g/mol. The van der Waals surface area contributed by atoms with Gasteiger partial charge in [-0.1, -0.05) is 0 Å². The lowest BCUT2D eigenvalue weighted by Crippen LogP contribution is -2.37. The van der Waals surface area contributed by atoms with Gasteiger partial charge in [0, 0.05) is 24.2 Å². The number of halogens is 1. The molecule has 0 fully saturated rings. The van der Waals surface area contributed by atoms with Gasteiger partial charge >= 0.3 is 5.69 Å². The van der Waals surface area contributed by atoms with Crippen molar-refractivity contribution < 1.29 is 0 Å². The number of aryl methyl sites for hydroxylation is 1. The summed E-state index contributed by atoms with van der Waals surface area (Å²) >= 11 is 4.86.